The predicted octanol–water partition coefficient (Wildman–Crippen LogP) is 3.70. The summed E-state index contributed by atoms with van der Waals surface area (Å²) in [6.45, 7) is 1.93. The number of H-pyrrole nitrogens is 1. The van der Waals surface area contributed by atoms with Crippen LogP contribution in [0.15, 0.2) is 54.7 Å². The molecular formula is C18H15N3O. The van der Waals surface area contributed by atoms with Crippen molar-refractivity contribution in [1.29, 1.82) is 0 Å². The van der Waals surface area contributed by atoms with Gasteiger partial charge in [0.1, 0.15) is 0 Å². The van der Waals surface area contributed by atoms with Crippen LogP contribution in [0.25, 0.3) is 21.8 Å². The lowest BCUT2D eigenvalue weighted by Crippen LogP contribution is -2.13. The smallest absolute Gasteiger partial charge is 0.262 e. The number of nitrogens with two attached hydrogens (primary N) is 1. The molecule has 4 rings (SSSR count). The number of nitrogen functional groups attached to an aromatic ring is 1. The first-order chi connectivity index (χ1) is 10.6. The molecule has 2 aromatic heterocycles. The number of carbonyl (C=O) groups excluding carboxylic acids is 1. The van der Waals surface area contributed by atoms with Crippen LogP contribution in [0.3, 0.4) is 0 Å². The molecule has 0 spiro atoms. The molecule has 4 aromatic rings. The number of rotatable bonds is 1. The zero-order valence-electron chi connectivity index (χ0n) is 12.1. The van der Waals surface area contributed by atoms with Crippen LogP contribution in [0.5, 0.6) is 0 Å². The van der Waals surface area contributed by atoms with Gasteiger partial charge in [0.25, 0.3) is 5.91 Å². The largest absolute Gasteiger partial charge is 0.399 e. The van der Waals surface area contributed by atoms with Crippen LogP contribution in [-0.4, -0.2) is 15.5 Å². The molecule has 108 valence electrons. The van der Waals surface area contributed by atoms with E-state index in [0.29, 0.717) is 11.3 Å². The van der Waals surface area contributed by atoms with E-state index in [1.165, 1.54) is 0 Å². The van der Waals surface area contributed by atoms with Gasteiger partial charge in [0.15, 0.2) is 0 Å². The summed E-state index contributed by atoms with van der Waals surface area (Å²) in [6, 6.07) is 15.3. The van der Waals surface area contributed by atoms with Gasteiger partial charge in [0.05, 0.1) is 5.52 Å². The standard InChI is InChI=1S/C18H15N3O/c1-11-8-14-9-15(19)4-5-17(14)21(11)18(22)13-3-2-12-6-7-20-16(12)10-13/h2-10,20H,19H2,1H3. The molecule has 2 aromatic carbocycles. The molecule has 4 heteroatoms. The number of nitrogens with one attached hydrogen (secondary N) is 1. The fraction of sp³-hybridized carbons (Fsp3) is 0.0556. The highest BCUT2D eigenvalue weighted by atomic mass is 16.2. The van der Waals surface area contributed by atoms with Crippen molar-refractivity contribution < 1.29 is 4.79 Å². The van der Waals surface area contributed by atoms with Crippen molar-refractivity contribution in [1.82, 2.24) is 9.55 Å². The van der Waals surface area contributed by atoms with E-state index in [1.807, 2.05) is 61.7 Å². The first kappa shape index (κ1) is 12.7. The fourth-order valence-corrected chi connectivity index (χ4v) is 2.95. The summed E-state index contributed by atoms with van der Waals surface area (Å²) >= 11 is 0. The second kappa shape index (κ2) is 4.49. The Morgan fingerprint density at radius 2 is 1.91 bits per heavy atom. The third kappa shape index (κ3) is 1.81. The Balaban J connectivity index is 1.90. The highest BCUT2D eigenvalue weighted by Gasteiger charge is 2.15. The van der Waals surface area contributed by atoms with Crippen LogP contribution < -0.4 is 5.73 Å². The molecule has 0 fully saturated rings. The Morgan fingerprint density at radius 1 is 1.05 bits per heavy atom. The summed E-state index contributed by atoms with van der Waals surface area (Å²) in [7, 11) is 0. The lowest BCUT2D eigenvalue weighted by atomic mass is 10.1. The first-order valence-electron chi connectivity index (χ1n) is 7.13. The zero-order chi connectivity index (χ0) is 15.3. The van der Waals surface area contributed by atoms with E-state index in [2.05, 4.69) is 4.98 Å². The van der Waals surface area contributed by atoms with Crippen molar-refractivity contribution >= 4 is 33.4 Å². The van der Waals surface area contributed by atoms with E-state index >= 15 is 0 Å². The minimum absolute atomic E-state index is 0.0335. The van der Waals surface area contributed by atoms with Crippen LogP contribution >= 0.6 is 0 Å². The summed E-state index contributed by atoms with van der Waals surface area (Å²) < 4.78 is 1.74. The molecule has 0 aliphatic rings. The molecule has 0 bridgehead atoms. The summed E-state index contributed by atoms with van der Waals surface area (Å²) in [5.74, 6) is -0.0335. The molecule has 3 N–H and O–H groups in total. The first-order valence-corrected chi connectivity index (χ1v) is 7.13. The molecular weight excluding hydrogens is 274 g/mol. The van der Waals surface area contributed by atoms with Crippen molar-refractivity contribution in [2.75, 3.05) is 5.73 Å². The topological polar surface area (TPSA) is 63.8 Å². The molecule has 2 heterocycles. The predicted molar refractivity (Wildman–Crippen MR) is 89.1 cm³/mol. The van der Waals surface area contributed by atoms with Gasteiger partial charge in [-0.25, -0.2) is 0 Å². The quantitative estimate of drug-likeness (QED) is 0.525. The van der Waals surface area contributed by atoms with Gasteiger partial charge in [0.2, 0.25) is 0 Å². The molecule has 0 aliphatic heterocycles. The highest BCUT2D eigenvalue weighted by molar-refractivity contribution is 6.05. The van der Waals surface area contributed by atoms with E-state index in [1.54, 1.807) is 4.57 Å². The number of hydrogen-bond donors (Lipinski definition) is 2. The molecule has 0 amide bonds. The Labute approximate surface area is 127 Å². The van der Waals surface area contributed by atoms with Crippen LogP contribution in [0.4, 0.5) is 5.69 Å². The SMILES string of the molecule is Cc1cc2cc(N)ccc2n1C(=O)c1ccc2cc[nH]c2c1. The molecule has 0 radical (unpaired) electrons. The van der Waals surface area contributed by atoms with E-state index in [9.17, 15) is 4.79 Å². The monoisotopic (exact) mass is 289 g/mol. The van der Waals surface area contributed by atoms with Gasteiger partial charge in [-0.2, -0.15) is 0 Å². The average molecular weight is 289 g/mol. The molecule has 0 atom stereocenters. The Morgan fingerprint density at radius 3 is 2.77 bits per heavy atom. The van der Waals surface area contributed by atoms with Crippen LogP contribution in [0.2, 0.25) is 0 Å². The zero-order valence-corrected chi connectivity index (χ0v) is 12.1. The summed E-state index contributed by atoms with van der Waals surface area (Å²) in [6.07, 6.45) is 1.87. The maximum absolute atomic E-state index is 12.9. The van der Waals surface area contributed by atoms with Crippen LogP contribution in [0, 0.1) is 6.92 Å². The minimum atomic E-state index is -0.0335. The molecule has 0 saturated carbocycles. The van der Waals surface area contributed by atoms with E-state index in [-0.39, 0.29) is 5.91 Å². The van der Waals surface area contributed by atoms with Gasteiger partial charge in [-0.3, -0.25) is 9.36 Å². The lowest BCUT2D eigenvalue weighted by molar-refractivity contribution is 0.0963. The van der Waals surface area contributed by atoms with Crippen molar-refractivity contribution in [3.8, 4) is 0 Å². The number of carbonyl (C=O) groups is 1. The number of anilines is 1. The van der Waals surface area contributed by atoms with Gasteiger partial charge in [-0.15, -0.1) is 0 Å². The second-order valence-electron chi connectivity index (χ2n) is 5.52. The Hall–Kier alpha value is -3.01. The maximum Gasteiger partial charge on any atom is 0.262 e. The molecule has 0 aliphatic carbocycles. The van der Waals surface area contributed by atoms with Gasteiger partial charge in [-0.05, 0) is 54.8 Å². The number of hydrogen-bond acceptors (Lipinski definition) is 2. The number of nitrogens with zero attached hydrogens (tertiary/aromatic N) is 1. The van der Waals surface area contributed by atoms with Crippen molar-refractivity contribution in [3.05, 3.63) is 66.0 Å². The Kier molecular flexibility index (Phi) is 2.60. The fourth-order valence-electron chi connectivity index (χ4n) is 2.95. The number of fused-ring (bicyclic) bond motifs is 2. The number of benzene rings is 2. The van der Waals surface area contributed by atoms with Crippen molar-refractivity contribution in [2.24, 2.45) is 0 Å². The summed E-state index contributed by atoms with van der Waals surface area (Å²) in [5.41, 5.74) is 9.92. The Bertz CT molecular complexity index is 1020. The maximum atomic E-state index is 12.9. The van der Waals surface area contributed by atoms with Gasteiger partial charge >= 0.3 is 0 Å². The third-order valence-corrected chi connectivity index (χ3v) is 4.01. The van der Waals surface area contributed by atoms with Crippen molar-refractivity contribution in [3.63, 3.8) is 0 Å². The normalized spacial score (nSPS) is 11.3. The van der Waals surface area contributed by atoms with Crippen LogP contribution in [-0.2, 0) is 0 Å². The molecule has 0 saturated heterocycles. The van der Waals surface area contributed by atoms with E-state index in [0.717, 1.165) is 27.5 Å². The summed E-state index contributed by atoms with van der Waals surface area (Å²) in [5, 5.41) is 2.07. The lowest BCUT2D eigenvalue weighted by Gasteiger charge is -2.07. The second-order valence-corrected chi connectivity index (χ2v) is 5.52. The van der Waals surface area contributed by atoms with Gasteiger partial charge in [0, 0.05) is 34.0 Å². The van der Waals surface area contributed by atoms with E-state index < -0.39 is 0 Å². The molecule has 4 nitrogen and oxygen atoms in total. The highest BCUT2D eigenvalue weighted by Crippen LogP contribution is 2.24. The van der Waals surface area contributed by atoms with Crippen LogP contribution in [0.1, 0.15) is 16.1 Å². The minimum Gasteiger partial charge on any atom is -0.399 e. The number of aromatic nitrogens is 2. The van der Waals surface area contributed by atoms with E-state index in [4.69, 9.17) is 5.73 Å². The third-order valence-electron chi connectivity index (χ3n) is 4.01. The summed E-state index contributed by atoms with van der Waals surface area (Å²) in [4.78, 5) is 16.1. The average Bonchev–Trinajstić information content (AvgIpc) is 3.08. The van der Waals surface area contributed by atoms with Gasteiger partial charge in [-0.1, -0.05) is 6.07 Å². The number of aryl methyl sites for hydroxylation is 1. The molecule has 0 unspecified atom stereocenters. The van der Waals surface area contributed by atoms with Crippen molar-refractivity contribution in [2.45, 2.75) is 6.92 Å². The van der Waals surface area contributed by atoms with Gasteiger partial charge < -0.3 is 10.7 Å². The molecule has 22 heavy (non-hydrogen) atoms. The number of aromatic amines is 1.